The first kappa shape index (κ1) is 14.5. The summed E-state index contributed by atoms with van der Waals surface area (Å²) in [5, 5.41) is 3.69. The fraction of sp³-hybridized carbons (Fsp3) is 0.188. The van der Waals surface area contributed by atoms with Crippen molar-refractivity contribution in [2.24, 2.45) is 0 Å². The molecule has 1 aromatic carbocycles. The fourth-order valence-corrected chi connectivity index (χ4v) is 4.08. The quantitative estimate of drug-likeness (QED) is 0.785. The predicted molar refractivity (Wildman–Crippen MR) is 89.8 cm³/mol. The van der Waals surface area contributed by atoms with E-state index in [4.69, 9.17) is 4.42 Å². The molecule has 7 heteroatoms. The fourth-order valence-electron chi connectivity index (χ4n) is 2.53. The molecule has 2 amide bonds. The molecule has 1 aliphatic heterocycles. The first-order chi connectivity index (χ1) is 11.2. The summed E-state index contributed by atoms with van der Waals surface area (Å²) in [4.78, 5) is 28.6. The van der Waals surface area contributed by atoms with Crippen LogP contribution < -0.4 is 5.32 Å². The highest BCUT2D eigenvalue weighted by Gasteiger charge is 2.31. The summed E-state index contributed by atoms with van der Waals surface area (Å²) >= 11 is 2.71. The van der Waals surface area contributed by atoms with Crippen molar-refractivity contribution in [2.75, 3.05) is 0 Å². The molecule has 0 aliphatic carbocycles. The number of thioether (sulfide) groups is 1. The van der Waals surface area contributed by atoms with Gasteiger partial charge in [-0.2, -0.15) is 0 Å². The number of carbonyl (C=O) groups excluding carboxylic acids is 2. The van der Waals surface area contributed by atoms with Gasteiger partial charge in [0.05, 0.1) is 11.7 Å². The molecule has 3 aromatic rings. The van der Waals surface area contributed by atoms with Crippen molar-refractivity contribution in [2.45, 2.75) is 18.1 Å². The lowest BCUT2D eigenvalue weighted by atomic mass is 10.1. The molecule has 0 radical (unpaired) electrons. The van der Waals surface area contributed by atoms with Crippen LogP contribution in [0, 0.1) is 0 Å². The molecule has 5 nitrogen and oxygen atoms in total. The molecule has 1 saturated heterocycles. The van der Waals surface area contributed by atoms with Crippen LogP contribution in [-0.4, -0.2) is 21.4 Å². The molecule has 1 atom stereocenters. The third kappa shape index (κ3) is 3.02. The minimum atomic E-state index is -0.363. The van der Waals surface area contributed by atoms with Gasteiger partial charge >= 0.3 is 0 Å². The molecule has 0 bridgehead atoms. The maximum absolute atomic E-state index is 11.6. The summed E-state index contributed by atoms with van der Waals surface area (Å²) in [6.07, 6.45) is 1.18. The monoisotopic (exact) mass is 344 g/mol. The highest BCUT2D eigenvalue weighted by atomic mass is 32.2. The summed E-state index contributed by atoms with van der Waals surface area (Å²) in [7, 11) is 0. The van der Waals surface area contributed by atoms with Gasteiger partial charge in [-0.25, -0.2) is 4.98 Å². The number of oxazole rings is 1. The van der Waals surface area contributed by atoms with E-state index in [1.54, 1.807) is 11.3 Å². The Kier molecular flexibility index (Phi) is 3.66. The molecule has 3 heterocycles. The largest absolute Gasteiger partial charge is 0.440 e. The minimum absolute atomic E-state index is 0.223. The highest BCUT2D eigenvalue weighted by molar-refractivity contribution is 8.15. The molecule has 4 rings (SSSR count). The Bertz CT molecular complexity index is 886. The first-order valence-electron chi connectivity index (χ1n) is 7.09. The van der Waals surface area contributed by atoms with Crippen LogP contribution in [0.5, 0.6) is 0 Å². The number of carbonyl (C=O) groups is 2. The second kappa shape index (κ2) is 5.82. The lowest BCUT2D eigenvalue weighted by Gasteiger charge is -2.04. The molecule has 2 aromatic heterocycles. The number of fused-ring (bicyclic) bond motifs is 1. The van der Waals surface area contributed by atoms with Crippen LogP contribution in [-0.2, 0) is 17.6 Å². The maximum Gasteiger partial charge on any atom is 0.286 e. The second-order valence-corrected chi connectivity index (χ2v) is 7.46. The Balaban J connectivity index is 1.55. The van der Waals surface area contributed by atoms with Gasteiger partial charge < -0.3 is 4.42 Å². The minimum Gasteiger partial charge on any atom is -0.440 e. The number of rotatable bonds is 4. The first-order valence-corrected chi connectivity index (χ1v) is 8.85. The Morgan fingerprint density at radius 2 is 2.17 bits per heavy atom. The van der Waals surface area contributed by atoms with E-state index < -0.39 is 0 Å². The van der Waals surface area contributed by atoms with Crippen LogP contribution >= 0.6 is 23.1 Å². The van der Waals surface area contributed by atoms with Gasteiger partial charge in [-0.3, -0.25) is 14.9 Å². The lowest BCUT2D eigenvalue weighted by Crippen LogP contribution is -2.25. The number of thiophene rings is 1. The number of amides is 2. The predicted octanol–water partition coefficient (Wildman–Crippen LogP) is 3.37. The van der Waals surface area contributed by atoms with Crippen molar-refractivity contribution in [3.8, 4) is 0 Å². The molecule has 0 saturated carbocycles. The molecule has 1 unspecified atom stereocenters. The van der Waals surface area contributed by atoms with E-state index in [2.05, 4.69) is 16.4 Å². The van der Waals surface area contributed by atoms with E-state index in [1.807, 2.05) is 29.6 Å². The van der Waals surface area contributed by atoms with E-state index in [0.717, 1.165) is 28.4 Å². The third-order valence-electron chi connectivity index (χ3n) is 3.59. The van der Waals surface area contributed by atoms with Gasteiger partial charge in [0.15, 0.2) is 5.58 Å². The topological polar surface area (TPSA) is 72.2 Å². The highest BCUT2D eigenvalue weighted by Crippen LogP contribution is 2.25. The molecule has 1 N–H and O–H groups in total. The standard InChI is InChI=1S/C16H12N2O3S2/c19-15-13(23-16(20)18-15)7-9-3-4-12-11(6-9)17-14(21-12)8-10-2-1-5-22-10/h1-6,13H,7-8H2,(H,18,19,20). The number of hydrogen-bond acceptors (Lipinski definition) is 6. The molecular weight excluding hydrogens is 332 g/mol. The van der Waals surface area contributed by atoms with Gasteiger partial charge in [-0.1, -0.05) is 23.9 Å². The number of benzene rings is 1. The average molecular weight is 344 g/mol. The second-order valence-electron chi connectivity index (χ2n) is 5.25. The Morgan fingerprint density at radius 3 is 2.91 bits per heavy atom. The molecule has 116 valence electrons. The van der Waals surface area contributed by atoms with Crippen LogP contribution in [0.4, 0.5) is 4.79 Å². The van der Waals surface area contributed by atoms with Crippen molar-refractivity contribution < 1.29 is 14.0 Å². The third-order valence-corrected chi connectivity index (χ3v) is 5.45. The zero-order chi connectivity index (χ0) is 15.8. The zero-order valence-electron chi connectivity index (χ0n) is 11.9. The summed E-state index contributed by atoms with van der Waals surface area (Å²) < 4.78 is 5.76. The molecule has 0 spiro atoms. The van der Waals surface area contributed by atoms with Gasteiger partial charge in [-0.05, 0) is 35.6 Å². The van der Waals surface area contributed by atoms with Crippen LogP contribution in [0.2, 0.25) is 0 Å². The zero-order valence-corrected chi connectivity index (χ0v) is 13.6. The van der Waals surface area contributed by atoms with Crippen LogP contribution in [0.1, 0.15) is 16.3 Å². The van der Waals surface area contributed by atoms with Gasteiger partial charge in [0.1, 0.15) is 5.52 Å². The summed E-state index contributed by atoms with van der Waals surface area (Å²) in [5.74, 6) is 0.460. The summed E-state index contributed by atoms with van der Waals surface area (Å²) in [6, 6.07) is 9.77. The summed E-state index contributed by atoms with van der Waals surface area (Å²) in [6.45, 7) is 0. The van der Waals surface area contributed by atoms with Crippen molar-refractivity contribution in [1.29, 1.82) is 0 Å². The Morgan fingerprint density at radius 1 is 1.26 bits per heavy atom. The lowest BCUT2D eigenvalue weighted by molar-refractivity contribution is -0.118. The number of imide groups is 1. The Labute approximate surface area is 140 Å². The number of hydrogen-bond donors (Lipinski definition) is 1. The SMILES string of the molecule is O=C1NC(=O)C(Cc2ccc3oc(Cc4cccs4)nc3c2)S1. The molecule has 1 fully saturated rings. The smallest absolute Gasteiger partial charge is 0.286 e. The van der Waals surface area contributed by atoms with Crippen molar-refractivity contribution in [1.82, 2.24) is 10.3 Å². The molecule has 1 aliphatic rings. The van der Waals surface area contributed by atoms with E-state index >= 15 is 0 Å². The maximum atomic E-state index is 11.6. The molecular formula is C16H12N2O3S2. The van der Waals surface area contributed by atoms with E-state index in [0.29, 0.717) is 18.7 Å². The van der Waals surface area contributed by atoms with Crippen molar-refractivity contribution >= 4 is 45.3 Å². The van der Waals surface area contributed by atoms with Gasteiger partial charge in [0.25, 0.3) is 5.24 Å². The van der Waals surface area contributed by atoms with Gasteiger partial charge in [-0.15, -0.1) is 11.3 Å². The van der Waals surface area contributed by atoms with E-state index in [-0.39, 0.29) is 16.4 Å². The van der Waals surface area contributed by atoms with E-state index in [1.165, 1.54) is 4.88 Å². The average Bonchev–Trinajstić information content (AvgIpc) is 3.21. The number of nitrogens with zero attached hydrogens (tertiary/aromatic N) is 1. The van der Waals surface area contributed by atoms with Crippen LogP contribution in [0.15, 0.2) is 40.1 Å². The molecule has 23 heavy (non-hydrogen) atoms. The van der Waals surface area contributed by atoms with Crippen LogP contribution in [0.25, 0.3) is 11.1 Å². The Hall–Kier alpha value is -2.12. The van der Waals surface area contributed by atoms with Crippen molar-refractivity contribution in [3.63, 3.8) is 0 Å². The van der Waals surface area contributed by atoms with Crippen LogP contribution in [0.3, 0.4) is 0 Å². The van der Waals surface area contributed by atoms with Crippen molar-refractivity contribution in [3.05, 3.63) is 52.0 Å². The number of aromatic nitrogens is 1. The van der Waals surface area contributed by atoms with E-state index in [9.17, 15) is 9.59 Å². The van der Waals surface area contributed by atoms with Gasteiger partial charge in [0, 0.05) is 4.88 Å². The summed E-state index contributed by atoms with van der Waals surface area (Å²) in [5.41, 5.74) is 2.49. The number of nitrogens with one attached hydrogen (secondary N) is 1. The van der Waals surface area contributed by atoms with Gasteiger partial charge in [0.2, 0.25) is 11.8 Å². The normalized spacial score (nSPS) is 17.8.